The molecular weight excluding hydrogens is 252 g/mol. The highest BCUT2D eigenvalue weighted by atomic mass is 16.5. The van der Waals surface area contributed by atoms with Gasteiger partial charge in [0.1, 0.15) is 0 Å². The number of nitrogens with two attached hydrogens (primary N) is 1. The number of nitrogens with zero attached hydrogens (tertiary/aromatic N) is 1. The van der Waals surface area contributed by atoms with Gasteiger partial charge in [0.25, 0.3) is 0 Å². The highest BCUT2D eigenvalue weighted by molar-refractivity contribution is 5.58. The van der Waals surface area contributed by atoms with Gasteiger partial charge in [0.05, 0.1) is 12.7 Å². The van der Waals surface area contributed by atoms with Crippen LogP contribution in [0.15, 0.2) is 18.2 Å². The molecule has 0 radical (unpaired) electrons. The van der Waals surface area contributed by atoms with Crippen molar-refractivity contribution in [3.05, 3.63) is 29.3 Å². The maximum atomic E-state index is 10.8. The van der Waals surface area contributed by atoms with Crippen molar-refractivity contribution in [2.45, 2.75) is 25.4 Å². The molecule has 4 nitrogen and oxygen atoms in total. The monoisotopic (exact) mass is 276 g/mol. The topological polar surface area (TPSA) is 58.7 Å². The lowest BCUT2D eigenvalue weighted by Gasteiger charge is -2.40. The van der Waals surface area contributed by atoms with Crippen molar-refractivity contribution in [3.63, 3.8) is 0 Å². The molecule has 3 N–H and O–H groups in total. The molecule has 0 spiro atoms. The second-order valence-electron chi connectivity index (χ2n) is 6.18. The molecule has 2 unspecified atom stereocenters. The second kappa shape index (κ2) is 5.35. The normalized spacial score (nSPS) is 27.4. The Kier molecular flexibility index (Phi) is 3.71. The van der Waals surface area contributed by atoms with Gasteiger partial charge in [-0.2, -0.15) is 0 Å². The molecule has 2 heterocycles. The standard InChI is InChI=1S/C16H24N2O2/c1-18-7-5-12-9-13(3-4-14(12)18)15(19)16(10-17)6-2-8-20-11-16/h3-4,9,15,19H,2,5-8,10-11,17H2,1H3. The Labute approximate surface area is 120 Å². The van der Waals surface area contributed by atoms with Crippen LogP contribution in [0.3, 0.4) is 0 Å². The lowest BCUT2D eigenvalue weighted by atomic mass is 9.74. The summed E-state index contributed by atoms with van der Waals surface area (Å²) in [4.78, 5) is 2.26. The van der Waals surface area contributed by atoms with E-state index in [0.717, 1.165) is 38.0 Å². The van der Waals surface area contributed by atoms with Gasteiger partial charge in [0.15, 0.2) is 0 Å². The maximum Gasteiger partial charge on any atom is 0.0880 e. The minimum absolute atomic E-state index is 0.322. The number of fused-ring (bicyclic) bond motifs is 1. The van der Waals surface area contributed by atoms with Crippen LogP contribution in [0.2, 0.25) is 0 Å². The van der Waals surface area contributed by atoms with Gasteiger partial charge >= 0.3 is 0 Å². The number of hydrogen-bond donors (Lipinski definition) is 2. The van der Waals surface area contributed by atoms with E-state index in [1.807, 2.05) is 6.07 Å². The van der Waals surface area contributed by atoms with E-state index in [4.69, 9.17) is 10.5 Å². The summed E-state index contributed by atoms with van der Waals surface area (Å²) in [6.07, 6.45) is 2.42. The van der Waals surface area contributed by atoms with Crippen LogP contribution in [0, 0.1) is 5.41 Å². The molecule has 110 valence electrons. The van der Waals surface area contributed by atoms with Gasteiger partial charge in [0, 0.05) is 37.8 Å². The number of aliphatic hydroxyl groups excluding tert-OH is 1. The summed E-state index contributed by atoms with van der Waals surface area (Å²) >= 11 is 0. The third-order valence-corrected chi connectivity index (χ3v) is 4.89. The molecule has 0 aliphatic carbocycles. The molecular formula is C16H24N2O2. The number of ether oxygens (including phenoxy) is 1. The van der Waals surface area contributed by atoms with Crippen LogP contribution in [0.25, 0.3) is 0 Å². The molecule has 1 fully saturated rings. The zero-order chi connectivity index (χ0) is 14.2. The Balaban J connectivity index is 1.88. The second-order valence-corrected chi connectivity index (χ2v) is 6.18. The average molecular weight is 276 g/mol. The van der Waals surface area contributed by atoms with Crippen molar-refractivity contribution in [3.8, 4) is 0 Å². The van der Waals surface area contributed by atoms with Crippen molar-refractivity contribution < 1.29 is 9.84 Å². The fourth-order valence-corrected chi connectivity index (χ4v) is 3.47. The minimum atomic E-state index is -0.538. The first-order chi connectivity index (χ1) is 9.66. The molecule has 2 aliphatic rings. The first kappa shape index (κ1) is 13.9. The number of likely N-dealkylation sites (N-methyl/N-ethyl adjacent to an activating group) is 1. The quantitative estimate of drug-likeness (QED) is 0.877. The molecule has 1 saturated heterocycles. The number of aliphatic hydroxyl groups is 1. The van der Waals surface area contributed by atoms with E-state index in [1.165, 1.54) is 11.3 Å². The molecule has 2 atom stereocenters. The van der Waals surface area contributed by atoms with Gasteiger partial charge < -0.3 is 20.5 Å². The molecule has 20 heavy (non-hydrogen) atoms. The first-order valence-corrected chi connectivity index (χ1v) is 7.46. The molecule has 1 aromatic carbocycles. The predicted octanol–water partition coefficient (Wildman–Crippen LogP) is 1.47. The highest BCUT2D eigenvalue weighted by Gasteiger charge is 2.39. The smallest absolute Gasteiger partial charge is 0.0880 e. The third kappa shape index (κ3) is 2.22. The zero-order valence-electron chi connectivity index (χ0n) is 12.1. The van der Waals surface area contributed by atoms with E-state index >= 15 is 0 Å². The molecule has 1 aromatic rings. The Morgan fingerprint density at radius 1 is 1.50 bits per heavy atom. The average Bonchev–Trinajstić information content (AvgIpc) is 2.88. The van der Waals surface area contributed by atoms with Crippen LogP contribution in [-0.4, -0.2) is 38.5 Å². The van der Waals surface area contributed by atoms with Crippen LogP contribution < -0.4 is 10.6 Å². The summed E-state index contributed by atoms with van der Waals surface area (Å²) in [5.41, 5.74) is 9.23. The largest absolute Gasteiger partial charge is 0.388 e. The fourth-order valence-electron chi connectivity index (χ4n) is 3.47. The van der Waals surface area contributed by atoms with E-state index in [2.05, 4.69) is 24.1 Å². The van der Waals surface area contributed by atoms with Gasteiger partial charge in [0.2, 0.25) is 0 Å². The van der Waals surface area contributed by atoms with E-state index in [-0.39, 0.29) is 5.41 Å². The molecule has 3 rings (SSSR count). The number of rotatable bonds is 3. The Hall–Kier alpha value is -1.10. The van der Waals surface area contributed by atoms with Crippen molar-refractivity contribution in [2.24, 2.45) is 11.1 Å². The Morgan fingerprint density at radius 2 is 2.35 bits per heavy atom. The lowest BCUT2D eigenvalue weighted by Crippen LogP contribution is -2.43. The van der Waals surface area contributed by atoms with Crippen LogP contribution in [0.5, 0.6) is 0 Å². The molecule has 0 amide bonds. The van der Waals surface area contributed by atoms with Gasteiger partial charge in [-0.05, 0) is 36.5 Å². The zero-order valence-corrected chi connectivity index (χ0v) is 12.1. The molecule has 0 aromatic heterocycles. The number of hydrogen-bond acceptors (Lipinski definition) is 4. The van der Waals surface area contributed by atoms with Gasteiger partial charge in [-0.1, -0.05) is 12.1 Å². The van der Waals surface area contributed by atoms with Crippen LogP contribution in [0.4, 0.5) is 5.69 Å². The summed E-state index contributed by atoms with van der Waals surface area (Å²) in [5.74, 6) is 0. The maximum absolute atomic E-state index is 10.8. The van der Waals surface area contributed by atoms with Crippen molar-refractivity contribution >= 4 is 5.69 Å². The van der Waals surface area contributed by atoms with Crippen molar-refractivity contribution in [1.29, 1.82) is 0 Å². The van der Waals surface area contributed by atoms with Gasteiger partial charge in [-0.3, -0.25) is 0 Å². The van der Waals surface area contributed by atoms with Crippen LogP contribution in [0.1, 0.15) is 30.1 Å². The molecule has 0 bridgehead atoms. The lowest BCUT2D eigenvalue weighted by molar-refractivity contribution is -0.0782. The van der Waals surface area contributed by atoms with Gasteiger partial charge in [-0.25, -0.2) is 0 Å². The Morgan fingerprint density at radius 3 is 3.05 bits per heavy atom. The van der Waals surface area contributed by atoms with Crippen LogP contribution >= 0.6 is 0 Å². The van der Waals surface area contributed by atoms with Gasteiger partial charge in [-0.15, -0.1) is 0 Å². The molecule has 2 aliphatic heterocycles. The third-order valence-electron chi connectivity index (χ3n) is 4.89. The number of anilines is 1. The summed E-state index contributed by atoms with van der Waals surface area (Å²) in [7, 11) is 2.11. The SMILES string of the molecule is CN1CCc2cc(C(O)C3(CN)CCCOC3)ccc21. The first-order valence-electron chi connectivity index (χ1n) is 7.46. The summed E-state index contributed by atoms with van der Waals surface area (Å²) in [6.45, 7) is 2.86. The van der Waals surface area contributed by atoms with Crippen molar-refractivity contribution in [1.82, 2.24) is 0 Å². The predicted molar refractivity (Wildman–Crippen MR) is 79.9 cm³/mol. The number of benzene rings is 1. The van der Waals surface area contributed by atoms with E-state index in [0.29, 0.717) is 13.2 Å². The molecule has 0 saturated carbocycles. The van der Waals surface area contributed by atoms with E-state index < -0.39 is 6.10 Å². The Bertz CT molecular complexity index is 483. The summed E-state index contributed by atoms with van der Waals surface area (Å²) < 4.78 is 5.58. The van der Waals surface area contributed by atoms with Crippen molar-refractivity contribution in [2.75, 3.05) is 38.3 Å². The van der Waals surface area contributed by atoms with Crippen LogP contribution in [-0.2, 0) is 11.2 Å². The van der Waals surface area contributed by atoms with E-state index in [9.17, 15) is 5.11 Å². The summed E-state index contributed by atoms with van der Waals surface area (Å²) in [5, 5.41) is 10.8. The van der Waals surface area contributed by atoms with E-state index in [1.54, 1.807) is 0 Å². The molecule has 4 heteroatoms. The highest BCUT2D eigenvalue weighted by Crippen LogP contribution is 2.41. The minimum Gasteiger partial charge on any atom is -0.388 e. The summed E-state index contributed by atoms with van der Waals surface area (Å²) in [6, 6.07) is 6.31. The fraction of sp³-hybridized carbons (Fsp3) is 0.625.